The molecule has 1 aliphatic carbocycles. The maximum atomic E-state index is 12.0. The van der Waals surface area contributed by atoms with E-state index in [1.807, 2.05) is 13.8 Å². The third-order valence-corrected chi connectivity index (χ3v) is 3.28. The molecule has 2 atom stereocenters. The summed E-state index contributed by atoms with van der Waals surface area (Å²) in [7, 11) is 0. The zero-order chi connectivity index (χ0) is 13.0. The lowest BCUT2D eigenvalue weighted by Crippen LogP contribution is -2.34. The Morgan fingerprint density at radius 2 is 2.29 bits per heavy atom. The fourth-order valence-electron chi connectivity index (χ4n) is 2.39. The molecule has 17 heavy (non-hydrogen) atoms. The van der Waals surface area contributed by atoms with E-state index < -0.39 is 0 Å². The second-order valence-corrected chi connectivity index (χ2v) is 4.82. The Kier molecular flexibility index (Phi) is 4.73. The second kappa shape index (κ2) is 5.84. The number of rotatable bonds is 3. The molecule has 0 bridgehead atoms. The molecule has 1 N–H and O–H groups in total. The summed E-state index contributed by atoms with van der Waals surface area (Å²) in [6.07, 6.45) is 2.40. The number of allylic oxidation sites excluding steroid dienone is 1. The number of hydrogen-bond acceptors (Lipinski definition) is 4. The van der Waals surface area contributed by atoms with Crippen LogP contribution in [0.4, 0.5) is 0 Å². The van der Waals surface area contributed by atoms with Gasteiger partial charge in [0, 0.05) is 0 Å². The van der Waals surface area contributed by atoms with E-state index in [0.717, 1.165) is 5.57 Å². The van der Waals surface area contributed by atoms with Crippen LogP contribution < -0.4 is 0 Å². The summed E-state index contributed by atoms with van der Waals surface area (Å²) in [6.45, 7) is 8.25. The molecular formula is C13H21NO3. The third kappa shape index (κ3) is 3.08. The van der Waals surface area contributed by atoms with Crippen LogP contribution in [0, 0.1) is 17.8 Å². The molecule has 0 saturated carbocycles. The molecule has 0 heterocycles. The van der Waals surface area contributed by atoms with Gasteiger partial charge in [-0.3, -0.25) is 4.79 Å². The summed E-state index contributed by atoms with van der Waals surface area (Å²) in [6, 6.07) is 0. The van der Waals surface area contributed by atoms with Gasteiger partial charge in [-0.1, -0.05) is 24.6 Å². The van der Waals surface area contributed by atoms with Gasteiger partial charge in [0.1, 0.15) is 0 Å². The van der Waals surface area contributed by atoms with Crippen LogP contribution in [-0.4, -0.2) is 23.5 Å². The smallest absolute Gasteiger partial charge is 0.313 e. The molecule has 0 aliphatic heterocycles. The van der Waals surface area contributed by atoms with Gasteiger partial charge in [0.25, 0.3) is 0 Å². The minimum absolute atomic E-state index is 0.143. The van der Waals surface area contributed by atoms with E-state index in [4.69, 9.17) is 9.94 Å². The van der Waals surface area contributed by atoms with Crippen molar-refractivity contribution >= 4 is 11.7 Å². The summed E-state index contributed by atoms with van der Waals surface area (Å²) in [5.41, 5.74) is 1.56. The predicted octanol–water partition coefficient (Wildman–Crippen LogP) is 2.62. The Balaban J connectivity index is 3.01. The van der Waals surface area contributed by atoms with E-state index in [-0.39, 0.29) is 17.8 Å². The number of carbonyl (C=O) groups is 1. The zero-order valence-electron chi connectivity index (χ0n) is 10.9. The fourth-order valence-corrected chi connectivity index (χ4v) is 2.39. The van der Waals surface area contributed by atoms with Gasteiger partial charge in [0.2, 0.25) is 0 Å². The van der Waals surface area contributed by atoms with Crippen molar-refractivity contribution in [3.05, 3.63) is 11.6 Å². The van der Waals surface area contributed by atoms with Gasteiger partial charge in [-0.2, -0.15) is 0 Å². The number of oxime groups is 1. The molecule has 4 heteroatoms. The average Bonchev–Trinajstić information content (AvgIpc) is 2.27. The molecule has 0 spiro atoms. The topological polar surface area (TPSA) is 58.9 Å². The number of nitrogens with zero attached hydrogens (tertiary/aromatic N) is 1. The molecule has 0 aromatic heterocycles. The van der Waals surface area contributed by atoms with Crippen LogP contribution >= 0.6 is 0 Å². The van der Waals surface area contributed by atoms with E-state index in [1.54, 1.807) is 6.08 Å². The monoisotopic (exact) mass is 239 g/mol. The van der Waals surface area contributed by atoms with Crippen molar-refractivity contribution in [3.63, 3.8) is 0 Å². The first-order valence-electron chi connectivity index (χ1n) is 6.07. The van der Waals surface area contributed by atoms with Gasteiger partial charge in [-0.15, -0.1) is 0 Å². The van der Waals surface area contributed by atoms with Gasteiger partial charge < -0.3 is 9.94 Å². The summed E-state index contributed by atoms with van der Waals surface area (Å²) in [5, 5.41) is 12.1. The lowest BCUT2D eigenvalue weighted by Gasteiger charge is -2.32. The maximum absolute atomic E-state index is 12.0. The van der Waals surface area contributed by atoms with E-state index in [1.165, 1.54) is 0 Å². The molecule has 4 nitrogen and oxygen atoms in total. The Bertz CT molecular complexity index is 345. The molecule has 1 rings (SSSR count). The van der Waals surface area contributed by atoms with Crippen molar-refractivity contribution in [2.75, 3.05) is 6.61 Å². The van der Waals surface area contributed by atoms with Crippen LogP contribution in [0.2, 0.25) is 0 Å². The van der Waals surface area contributed by atoms with Gasteiger partial charge in [-0.25, -0.2) is 0 Å². The van der Waals surface area contributed by atoms with E-state index in [0.29, 0.717) is 24.7 Å². The first kappa shape index (κ1) is 13.7. The quantitative estimate of drug-likeness (QED) is 0.468. The summed E-state index contributed by atoms with van der Waals surface area (Å²) >= 11 is 0. The minimum Gasteiger partial charge on any atom is -0.466 e. The first-order chi connectivity index (χ1) is 8.01. The van der Waals surface area contributed by atoms with Gasteiger partial charge >= 0.3 is 5.97 Å². The minimum atomic E-state index is -0.208. The van der Waals surface area contributed by atoms with Crippen molar-refractivity contribution in [3.8, 4) is 0 Å². The van der Waals surface area contributed by atoms with Crippen LogP contribution in [0.15, 0.2) is 16.8 Å². The van der Waals surface area contributed by atoms with Crippen molar-refractivity contribution in [1.29, 1.82) is 0 Å². The highest BCUT2D eigenvalue weighted by Gasteiger charge is 2.36. The summed E-state index contributed by atoms with van der Waals surface area (Å²) in [5.74, 6) is 0.104. The SMILES string of the molecule is CCOC(=O)C1C(C)=C/C(=N\O)CC1C(C)C. The zero-order valence-corrected chi connectivity index (χ0v) is 10.9. The molecule has 0 aromatic rings. The highest BCUT2D eigenvalue weighted by atomic mass is 16.5. The highest BCUT2D eigenvalue weighted by molar-refractivity contribution is 5.98. The number of carbonyl (C=O) groups excluding carboxylic acids is 1. The van der Waals surface area contributed by atoms with Crippen molar-refractivity contribution in [2.24, 2.45) is 22.9 Å². The molecular weight excluding hydrogens is 218 g/mol. The van der Waals surface area contributed by atoms with Crippen LogP contribution in [0.25, 0.3) is 0 Å². The molecule has 0 aromatic carbocycles. The third-order valence-electron chi connectivity index (χ3n) is 3.28. The van der Waals surface area contributed by atoms with Gasteiger partial charge in [-0.05, 0) is 38.2 Å². The fraction of sp³-hybridized carbons (Fsp3) is 0.692. The standard InChI is InChI=1S/C13H21NO3/c1-5-17-13(15)12-9(4)6-10(14-16)7-11(12)8(2)3/h6,8,11-12,16H,5,7H2,1-4H3/b14-10+. The Morgan fingerprint density at radius 1 is 1.65 bits per heavy atom. The number of esters is 1. The largest absolute Gasteiger partial charge is 0.466 e. The molecule has 1 aliphatic rings. The van der Waals surface area contributed by atoms with E-state index in [9.17, 15) is 4.79 Å². The summed E-state index contributed by atoms with van der Waals surface area (Å²) in [4.78, 5) is 12.0. The molecule has 0 fully saturated rings. The second-order valence-electron chi connectivity index (χ2n) is 4.82. The van der Waals surface area contributed by atoms with Crippen molar-refractivity contribution < 1.29 is 14.7 Å². The normalized spacial score (nSPS) is 27.1. The van der Waals surface area contributed by atoms with Crippen LogP contribution in [0.5, 0.6) is 0 Å². The molecule has 2 unspecified atom stereocenters. The molecule has 0 radical (unpaired) electrons. The molecule has 96 valence electrons. The number of ether oxygens (including phenoxy) is 1. The maximum Gasteiger partial charge on any atom is 0.313 e. The van der Waals surface area contributed by atoms with Crippen molar-refractivity contribution in [2.45, 2.75) is 34.1 Å². The predicted molar refractivity (Wildman–Crippen MR) is 66.0 cm³/mol. The summed E-state index contributed by atoms with van der Waals surface area (Å²) < 4.78 is 5.12. The van der Waals surface area contributed by atoms with E-state index >= 15 is 0 Å². The van der Waals surface area contributed by atoms with Crippen molar-refractivity contribution in [1.82, 2.24) is 0 Å². The first-order valence-corrected chi connectivity index (χ1v) is 6.07. The van der Waals surface area contributed by atoms with Crippen LogP contribution in [0.1, 0.15) is 34.1 Å². The van der Waals surface area contributed by atoms with Gasteiger partial charge in [0.05, 0.1) is 18.2 Å². The highest BCUT2D eigenvalue weighted by Crippen LogP contribution is 2.35. The van der Waals surface area contributed by atoms with Crippen LogP contribution in [0.3, 0.4) is 0 Å². The Hall–Kier alpha value is -1.32. The Morgan fingerprint density at radius 3 is 2.76 bits per heavy atom. The lowest BCUT2D eigenvalue weighted by molar-refractivity contribution is -0.149. The van der Waals surface area contributed by atoms with Gasteiger partial charge in [0.15, 0.2) is 0 Å². The Labute approximate surface area is 102 Å². The lowest BCUT2D eigenvalue weighted by atomic mass is 9.73. The van der Waals surface area contributed by atoms with E-state index in [2.05, 4.69) is 19.0 Å². The van der Waals surface area contributed by atoms with Crippen LogP contribution in [-0.2, 0) is 9.53 Å². The average molecular weight is 239 g/mol. The number of hydrogen-bond donors (Lipinski definition) is 1. The molecule has 0 amide bonds. The molecule has 0 saturated heterocycles.